The largest absolute Gasteiger partial charge is 0.489 e. The second-order valence-electron chi connectivity index (χ2n) is 6.55. The fraction of sp³-hybridized carbons (Fsp3) is 0.579. The Morgan fingerprint density at radius 1 is 1.23 bits per heavy atom. The van der Waals surface area contributed by atoms with Crippen LogP contribution in [0.4, 0.5) is 4.39 Å². The summed E-state index contributed by atoms with van der Waals surface area (Å²) >= 11 is 0. The van der Waals surface area contributed by atoms with Crippen molar-refractivity contribution in [1.29, 1.82) is 0 Å². The molecule has 0 aliphatic heterocycles. The lowest BCUT2D eigenvalue weighted by molar-refractivity contribution is -0.120. The average molecular weight is 367 g/mol. The van der Waals surface area contributed by atoms with Gasteiger partial charge < -0.3 is 21.5 Å². The summed E-state index contributed by atoms with van der Waals surface area (Å²) in [5.74, 6) is -0.583. The molecule has 1 rings (SSSR count). The molecule has 1 aromatic rings. The quantitative estimate of drug-likeness (QED) is 0.491. The Kier molecular flexibility index (Phi) is 9.65. The van der Waals surface area contributed by atoms with Crippen LogP contribution in [0.5, 0.6) is 5.75 Å². The predicted octanol–water partition coefficient (Wildman–Crippen LogP) is 1.95. The van der Waals surface area contributed by atoms with Crippen molar-refractivity contribution in [3.05, 3.63) is 29.1 Å². The smallest absolute Gasteiger partial charge is 0.219 e. The normalized spacial score (nSPS) is 11.8. The van der Waals surface area contributed by atoms with Gasteiger partial charge in [0.1, 0.15) is 6.61 Å². The summed E-state index contributed by atoms with van der Waals surface area (Å²) in [5.41, 5.74) is 12.5. The molecule has 0 radical (unpaired) electrons. The Bertz CT molecular complexity index is 608. The number of unbranched alkanes of at least 4 members (excludes halogenated alkanes) is 2. The Morgan fingerprint density at radius 3 is 2.62 bits per heavy atom. The summed E-state index contributed by atoms with van der Waals surface area (Å²) in [4.78, 5) is 21.9. The van der Waals surface area contributed by atoms with Crippen LogP contribution in [0.2, 0.25) is 0 Å². The van der Waals surface area contributed by atoms with Gasteiger partial charge in [0.05, 0.1) is 0 Å². The molecule has 0 aliphatic carbocycles. The van der Waals surface area contributed by atoms with E-state index in [4.69, 9.17) is 16.2 Å². The fourth-order valence-electron chi connectivity index (χ4n) is 2.61. The highest BCUT2D eigenvalue weighted by atomic mass is 19.1. The maximum Gasteiger partial charge on any atom is 0.219 e. The van der Waals surface area contributed by atoms with Crippen molar-refractivity contribution < 1.29 is 18.7 Å². The standard InChI is InChI=1S/C19H30FN3O3/c1-13-10-14(6-4-3-5-7-18(25)23-2)19(20)16(11-13)26-12-15(21)8-9-17(22)24/h10-11,15H,3-9,12,21H2,1-2H3,(H2,22,24)(H,23,25). The van der Waals surface area contributed by atoms with Crippen LogP contribution in [0.25, 0.3) is 0 Å². The van der Waals surface area contributed by atoms with Crippen molar-refractivity contribution in [3.8, 4) is 5.75 Å². The molecule has 1 aromatic carbocycles. The van der Waals surface area contributed by atoms with Crippen LogP contribution in [0, 0.1) is 12.7 Å². The van der Waals surface area contributed by atoms with Crippen molar-refractivity contribution in [2.24, 2.45) is 11.5 Å². The molecule has 1 atom stereocenters. The van der Waals surface area contributed by atoms with E-state index in [1.807, 2.05) is 13.0 Å². The number of amides is 2. The first kappa shape index (κ1) is 21.9. The molecule has 7 heteroatoms. The molecule has 0 fully saturated rings. The Morgan fingerprint density at radius 2 is 1.96 bits per heavy atom. The minimum atomic E-state index is -0.416. The first-order chi connectivity index (χ1) is 12.3. The maximum atomic E-state index is 14.6. The molecule has 0 bridgehead atoms. The molecule has 1 unspecified atom stereocenters. The van der Waals surface area contributed by atoms with E-state index in [-0.39, 0.29) is 36.5 Å². The highest BCUT2D eigenvalue weighted by Crippen LogP contribution is 2.25. The van der Waals surface area contributed by atoms with Gasteiger partial charge in [-0.05, 0) is 49.8 Å². The molecule has 0 spiro atoms. The second kappa shape index (κ2) is 11.5. The van der Waals surface area contributed by atoms with Crippen LogP contribution >= 0.6 is 0 Å². The number of nitrogens with one attached hydrogen (secondary N) is 1. The number of hydrogen-bond donors (Lipinski definition) is 3. The summed E-state index contributed by atoms with van der Waals surface area (Å²) in [6, 6.07) is 3.08. The van der Waals surface area contributed by atoms with E-state index in [1.54, 1.807) is 13.1 Å². The van der Waals surface area contributed by atoms with Gasteiger partial charge in [-0.25, -0.2) is 4.39 Å². The van der Waals surface area contributed by atoms with Gasteiger partial charge in [-0.1, -0.05) is 12.5 Å². The Balaban J connectivity index is 2.53. The number of aryl methyl sites for hydroxylation is 2. The zero-order chi connectivity index (χ0) is 19.5. The summed E-state index contributed by atoms with van der Waals surface area (Å²) in [6.45, 7) is 2.01. The van der Waals surface area contributed by atoms with E-state index >= 15 is 0 Å². The van der Waals surface area contributed by atoms with Gasteiger partial charge in [0.25, 0.3) is 0 Å². The summed E-state index contributed by atoms with van der Waals surface area (Å²) < 4.78 is 20.1. The van der Waals surface area contributed by atoms with Gasteiger partial charge in [0, 0.05) is 25.9 Å². The molecule has 2 amide bonds. The minimum Gasteiger partial charge on any atom is -0.489 e. The Labute approximate surface area is 154 Å². The molecule has 6 nitrogen and oxygen atoms in total. The third-order valence-electron chi connectivity index (χ3n) is 4.10. The van der Waals surface area contributed by atoms with Crippen molar-refractivity contribution in [2.45, 2.75) is 57.9 Å². The van der Waals surface area contributed by atoms with Crippen molar-refractivity contribution >= 4 is 11.8 Å². The topological polar surface area (TPSA) is 107 Å². The van der Waals surface area contributed by atoms with Crippen LogP contribution in [0.15, 0.2) is 12.1 Å². The van der Waals surface area contributed by atoms with Crippen molar-refractivity contribution in [3.63, 3.8) is 0 Å². The maximum absolute atomic E-state index is 14.6. The van der Waals surface area contributed by atoms with Gasteiger partial charge in [-0.3, -0.25) is 9.59 Å². The van der Waals surface area contributed by atoms with E-state index in [2.05, 4.69) is 5.32 Å². The van der Waals surface area contributed by atoms with E-state index in [0.29, 0.717) is 24.8 Å². The molecular weight excluding hydrogens is 337 g/mol. The van der Waals surface area contributed by atoms with Crippen LogP contribution in [0.3, 0.4) is 0 Å². The summed E-state index contributed by atoms with van der Waals surface area (Å²) in [6.07, 6.45) is 4.11. The third kappa shape index (κ3) is 8.29. The number of halogens is 1. The SMILES string of the molecule is CNC(=O)CCCCCc1cc(C)cc(OCC(N)CCC(N)=O)c1F. The van der Waals surface area contributed by atoms with E-state index in [9.17, 15) is 14.0 Å². The van der Waals surface area contributed by atoms with Crippen LogP contribution in [-0.4, -0.2) is 31.5 Å². The number of carbonyl (C=O) groups excluding carboxylic acids is 2. The predicted molar refractivity (Wildman–Crippen MR) is 99.3 cm³/mol. The molecule has 0 aromatic heterocycles. The van der Waals surface area contributed by atoms with E-state index in [0.717, 1.165) is 24.8 Å². The molecule has 0 aliphatic rings. The molecule has 26 heavy (non-hydrogen) atoms. The number of carbonyl (C=O) groups is 2. The first-order valence-electron chi connectivity index (χ1n) is 8.99. The lowest BCUT2D eigenvalue weighted by Crippen LogP contribution is -2.29. The number of primary amides is 1. The monoisotopic (exact) mass is 367 g/mol. The number of benzene rings is 1. The first-order valence-corrected chi connectivity index (χ1v) is 8.99. The van der Waals surface area contributed by atoms with E-state index in [1.165, 1.54) is 0 Å². The Hall–Kier alpha value is -2.15. The molecule has 0 saturated heterocycles. The highest BCUT2D eigenvalue weighted by molar-refractivity contribution is 5.75. The fourth-order valence-corrected chi connectivity index (χ4v) is 2.61. The lowest BCUT2D eigenvalue weighted by atomic mass is 10.0. The number of hydrogen-bond acceptors (Lipinski definition) is 4. The van der Waals surface area contributed by atoms with Crippen molar-refractivity contribution in [1.82, 2.24) is 5.32 Å². The molecule has 0 saturated carbocycles. The molecule has 146 valence electrons. The number of ether oxygens (including phenoxy) is 1. The van der Waals surface area contributed by atoms with Crippen LogP contribution in [0.1, 0.15) is 49.7 Å². The van der Waals surface area contributed by atoms with Gasteiger partial charge >= 0.3 is 0 Å². The second-order valence-corrected chi connectivity index (χ2v) is 6.55. The zero-order valence-corrected chi connectivity index (χ0v) is 15.6. The van der Waals surface area contributed by atoms with Crippen molar-refractivity contribution in [2.75, 3.05) is 13.7 Å². The van der Waals surface area contributed by atoms with Gasteiger partial charge in [-0.15, -0.1) is 0 Å². The summed E-state index contributed by atoms with van der Waals surface area (Å²) in [5, 5.41) is 2.58. The minimum absolute atomic E-state index is 0.0232. The van der Waals surface area contributed by atoms with Gasteiger partial charge in [0.15, 0.2) is 11.6 Å². The molecule has 5 N–H and O–H groups in total. The lowest BCUT2D eigenvalue weighted by Gasteiger charge is -2.15. The zero-order valence-electron chi connectivity index (χ0n) is 15.6. The highest BCUT2D eigenvalue weighted by Gasteiger charge is 2.13. The molecule has 0 heterocycles. The van der Waals surface area contributed by atoms with Gasteiger partial charge in [-0.2, -0.15) is 0 Å². The third-order valence-corrected chi connectivity index (χ3v) is 4.10. The van der Waals surface area contributed by atoms with Crippen LogP contribution < -0.4 is 21.5 Å². The molecular formula is C19H30FN3O3. The number of rotatable bonds is 12. The van der Waals surface area contributed by atoms with Gasteiger partial charge in [0.2, 0.25) is 11.8 Å². The van der Waals surface area contributed by atoms with E-state index < -0.39 is 5.91 Å². The van der Waals surface area contributed by atoms with Crippen LogP contribution in [-0.2, 0) is 16.0 Å². The number of nitrogens with two attached hydrogens (primary N) is 2. The average Bonchev–Trinajstić information content (AvgIpc) is 2.60. The summed E-state index contributed by atoms with van der Waals surface area (Å²) in [7, 11) is 1.62.